The van der Waals surface area contributed by atoms with E-state index in [1.54, 1.807) is 0 Å². The van der Waals surface area contributed by atoms with Gasteiger partial charge >= 0.3 is 5.97 Å². The van der Waals surface area contributed by atoms with E-state index < -0.39 is 0 Å². The van der Waals surface area contributed by atoms with Gasteiger partial charge in [0.1, 0.15) is 5.69 Å². The quantitative estimate of drug-likeness (QED) is 0.726. The predicted octanol–water partition coefficient (Wildman–Crippen LogP) is 3.77. The number of carbonyl (C=O) groups excluding carboxylic acids is 1. The monoisotopic (exact) mass is 255 g/mol. The highest BCUT2D eigenvalue weighted by Crippen LogP contribution is 2.48. The van der Waals surface area contributed by atoms with Gasteiger partial charge in [0.15, 0.2) is 5.72 Å². The van der Waals surface area contributed by atoms with Crippen molar-refractivity contribution in [3.63, 3.8) is 0 Å². The van der Waals surface area contributed by atoms with E-state index in [-0.39, 0.29) is 11.7 Å². The lowest BCUT2D eigenvalue weighted by molar-refractivity contribution is -0.0958. The maximum absolute atomic E-state index is 12.0. The lowest BCUT2D eigenvalue weighted by Gasteiger charge is -2.38. The third-order valence-electron chi connectivity index (χ3n) is 4.53. The minimum atomic E-state index is -0.368. The van der Waals surface area contributed by atoms with Crippen LogP contribution in [0.15, 0.2) is 24.3 Å². The Balaban J connectivity index is 1.97. The SMILES string of the molecule is CC(C)c1ccc2c(c1)cc1n2C2(CCC2)OC1=O. The van der Waals surface area contributed by atoms with Crippen LogP contribution < -0.4 is 0 Å². The molecule has 19 heavy (non-hydrogen) atoms. The standard InChI is InChI=1S/C16H17NO2/c1-10(2)11-4-5-13-12(8-11)9-14-15(18)19-16(17(13)14)6-3-7-16/h4-5,8-10H,3,6-7H2,1-2H3. The Hall–Kier alpha value is -1.77. The van der Waals surface area contributed by atoms with E-state index in [0.29, 0.717) is 5.92 Å². The van der Waals surface area contributed by atoms with Crippen molar-refractivity contribution < 1.29 is 9.53 Å². The molecule has 1 aromatic carbocycles. The van der Waals surface area contributed by atoms with Gasteiger partial charge in [0.05, 0.1) is 5.52 Å². The molecule has 0 unspecified atom stereocenters. The molecule has 1 fully saturated rings. The summed E-state index contributed by atoms with van der Waals surface area (Å²) in [5, 5.41) is 1.16. The van der Waals surface area contributed by atoms with Crippen LogP contribution in [0.3, 0.4) is 0 Å². The second kappa shape index (κ2) is 3.41. The molecule has 2 aliphatic rings. The van der Waals surface area contributed by atoms with Gasteiger partial charge in [0.25, 0.3) is 0 Å². The third kappa shape index (κ3) is 1.30. The Morgan fingerprint density at radius 3 is 2.68 bits per heavy atom. The second-order valence-corrected chi connectivity index (χ2v) is 6.03. The summed E-state index contributed by atoms with van der Waals surface area (Å²) in [6.45, 7) is 4.37. The van der Waals surface area contributed by atoms with Crippen molar-refractivity contribution >= 4 is 16.9 Å². The van der Waals surface area contributed by atoms with Crippen LogP contribution in [0, 0.1) is 0 Å². The largest absolute Gasteiger partial charge is 0.434 e. The fourth-order valence-electron chi connectivity index (χ4n) is 3.26. The van der Waals surface area contributed by atoms with Gasteiger partial charge < -0.3 is 4.74 Å². The van der Waals surface area contributed by atoms with E-state index in [1.165, 1.54) is 5.56 Å². The maximum atomic E-state index is 12.0. The highest BCUT2D eigenvalue weighted by molar-refractivity contribution is 5.98. The topological polar surface area (TPSA) is 31.2 Å². The minimum absolute atomic E-state index is 0.165. The molecule has 1 aromatic heterocycles. The number of fused-ring (bicyclic) bond motifs is 4. The molecule has 0 atom stereocenters. The van der Waals surface area contributed by atoms with Gasteiger partial charge in [-0.05, 0) is 36.1 Å². The van der Waals surface area contributed by atoms with Crippen LogP contribution in [0.4, 0.5) is 0 Å². The van der Waals surface area contributed by atoms with Crippen molar-refractivity contribution in [3.8, 4) is 0 Å². The molecule has 0 amide bonds. The van der Waals surface area contributed by atoms with E-state index >= 15 is 0 Å². The summed E-state index contributed by atoms with van der Waals surface area (Å²) in [5.74, 6) is 0.339. The molecule has 3 heteroatoms. The molecule has 0 saturated heterocycles. The average molecular weight is 255 g/mol. The van der Waals surface area contributed by atoms with Crippen LogP contribution in [-0.4, -0.2) is 10.5 Å². The first-order valence-electron chi connectivity index (χ1n) is 7.00. The van der Waals surface area contributed by atoms with Gasteiger partial charge in [-0.25, -0.2) is 4.79 Å². The van der Waals surface area contributed by atoms with Crippen LogP contribution in [-0.2, 0) is 10.5 Å². The fraction of sp³-hybridized carbons (Fsp3) is 0.438. The lowest BCUT2D eigenvalue weighted by atomic mass is 9.88. The second-order valence-electron chi connectivity index (χ2n) is 6.03. The first-order valence-corrected chi connectivity index (χ1v) is 7.00. The summed E-state index contributed by atoms with van der Waals surface area (Å²) in [5.41, 5.74) is 2.79. The van der Waals surface area contributed by atoms with Gasteiger partial charge in [-0.3, -0.25) is 4.57 Å². The van der Waals surface area contributed by atoms with Crippen LogP contribution >= 0.6 is 0 Å². The zero-order valence-electron chi connectivity index (χ0n) is 11.3. The Morgan fingerprint density at radius 2 is 2.05 bits per heavy atom. The Morgan fingerprint density at radius 1 is 1.26 bits per heavy atom. The predicted molar refractivity (Wildman–Crippen MR) is 73.3 cm³/mol. The van der Waals surface area contributed by atoms with E-state index in [4.69, 9.17) is 4.74 Å². The summed E-state index contributed by atoms with van der Waals surface area (Å²) in [6.07, 6.45) is 3.03. The van der Waals surface area contributed by atoms with Crippen molar-refractivity contribution in [1.82, 2.24) is 4.57 Å². The Labute approximate surface area is 112 Å². The highest BCUT2D eigenvalue weighted by Gasteiger charge is 2.50. The highest BCUT2D eigenvalue weighted by atomic mass is 16.6. The number of hydrogen-bond acceptors (Lipinski definition) is 2. The molecule has 1 aliphatic carbocycles. The Bertz CT molecular complexity index is 692. The Kier molecular flexibility index (Phi) is 1.99. The molecule has 3 nitrogen and oxygen atoms in total. The number of hydrogen-bond donors (Lipinski definition) is 0. The summed E-state index contributed by atoms with van der Waals surface area (Å²) in [7, 11) is 0. The van der Waals surface area contributed by atoms with Gasteiger partial charge in [-0.2, -0.15) is 0 Å². The summed E-state index contributed by atoms with van der Waals surface area (Å²) in [4.78, 5) is 12.0. The molecule has 0 radical (unpaired) electrons. The van der Waals surface area contributed by atoms with Crippen LogP contribution in [0.1, 0.15) is 55.1 Å². The minimum Gasteiger partial charge on any atom is -0.434 e. The number of benzene rings is 1. The normalized spacial score (nSPS) is 19.8. The molecule has 2 heterocycles. The summed E-state index contributed by atoms with van der Waals surface area (Å²) < 4.78 is 7.73. The van der Waals surface area contributed by atoms with Crippen molar-refractivity contribution in [1.29, 1.82) is 0 Å². The van der Waals surface area contributed by atoms with E-state index in [0.717, 1.165) is 35.9 Å². The van der Waals surface area contributed by atoms with Crippen molar-refractivity contribution in [3.05, 3.63) is 35.5 Å². The number of aromatic nitrogens is 1. The molecule has 1 spiro atoms. The third-order valence-corrected chi connectivity index (χ3v) is 4.53. The number of nitrogens with zero attached hydrogens (tertiary/aromatic N) is 1. The van der Waals surface area contributed by atoms with Crippen LogP contribution in [0.2, 0.25) is 0 Å². The first kappa shape index (κ1) is 11.1. The average Bonchev–Trinajstić information content (AvgIpc) is 2.84. The maximum Gasteiger partial charge on any atom is 0.357 e. The summed E-state index contributed by atoms with van der Waals surface area (Å²) >= 11 is 0. The van der Waals surface area contributed by atoms with Gasteiger partial charge in [-0.1, -0.05) is 19.9 Å². The van der Waals surface area contributed by atoms with Crippen molar-refractivity contribution in [2.45, 2.75) is 44.8 Å². The van der Waals surface area contributed by atoms with Gasteiger partial charge in [-0.15, -0.1) is 0 Å². The lowest BCUT2D eigenvalue weighted by Crippen LogP contribution is -2.39. The van der Waals surface area contributed by atoms with E-state index in [9.17, 15) is 4.79 Å². The van der Waals surface area contributed by atoms with E-state index in [1.807, 2.05) is 6.07 Å². The molecular weight excluding hydrogens is 238 g/mol. The zero-order valence-corrected chi connectivity index (χ0v) is 11.3. The van der Waals surface area contributed by atoms with Crippen molar-refractivity contribution in [2.75, 3.05) is 0 Å². The molecule has 4 rings (SSSR count). The molecule has 2 aromatic rings. The molecular formula is C16H17NO2. The van der Waals surface area contributed by atoms with Crippen molar-refractivity contribution in [2.24, 2.45) is 0 Å². The number of ether oxygens (including phenoxy) is 1. The fourth-order valence-corrected chi connectivity index (χ4v) is 3.26. The number of rotatable bonds is 1. The van der Waals surface area contributed by atoms with Gasteiger partial charge in [0.2, 0.25) is 0 Å². The molecule has 1 saturated carbocycles. The summed E-state index contributed by atoms with van der Waals surface area (Å²) in [6, 6.07) is 8.48. The van der Waals surface area contributed by atoms with Crippen LogP contribution in [0.25, 0.3) is 10.9 Å². The van der Waals surface area contributed by atoms with Crippen LogP contribution in [0.5, 0.6) is 0 Å². The molecule has 0 bridgehead atoms. The first-order chi connectivity index (χ1) is 9.11. The molecule has 0 N–H and O–H groups in total. The van der Waals surface area contributed by atoms with E-state index in [2.05, 4.69) is 36.6 Å². The molecule has 98 valence electrons. The molecule has 1 aliphatic heterocycles. The number of esters is 1. The zero-order chi connectivity index (χ0) is 13.2. The van der Waals surface area contributed by atoms with Gasteiger partial charge in [0, 0.05) is 18.2 Å². The number of carbonyl (C=O) groups is 1. The smallest absolute Gasteiger partial charge is 0.357 e.